The zero-order chi connectivity index (χ0) is 19.4. The molecule has 0 aliphatic heterocycles. The van der Waals surface area contributed by atoms with Gasteiger partial charge >= 0.3 is 5.97 Å². The standard InChI is InChI=1S/C20H23N3O3S/c1-20(2,3)15-9-7-14(8-10-15)18-21-22-19(27-13-17(24)25-4)23(18)12-16-6-5-11-26-16/h5-11H,12-13H2,1-4H3. The van der Waals surface area contributed by atoms with Crippen LogP contribution in [-0.4, -0.2) is 33.6 Å². The predicted octanol–water partition coefficient (Wildman–Crippen LogP) is 4.15. The lowest BCUT2D eigenvalue weighted by atomic mass is 9.87. The Balaban J connectivity index is 1.94. The molecule has 0 amide bonds. The van der Waals surface area contributed by atoms with Crippen molar-refractivity contribution in [1.82, 2.24) is 14.8 Å². The van der Waals surface area contributed by atoms with Gasteiger partial charge in [0.05, 0.1) is 25.7 Å². The number of hydrogen-bond acceptors (Lipinski definition) is 6. The van der Waals surface area contributed by atoms with Crippen LogP contribution < -0.4 is 0 Å². The molecule has 0 saturated heterocycles. The number of thioether (sulfide) groups is 1. The highest BCUT2D eigenvalue weighted by Crippen LogP contribution is 2.28. The third kappa shape index (κ3) is 4.60. The van der Waals surface area contributed by atoms with Gasteiger partial charge in [0.15, 0.2) is 11.0 Å². The maximum absolute atomic E-state index is 11.5. The number of esters is 1. The lowest BCUT2D eigenvalue weighted by molar-refractivity contribution is -0.137. The van der Waals surface area contributed by atoms with Gasteiger partial charge in [0.2, 0.25) is 0 Å². The Morgan fingerprint density at radius 2 is 1.93 bits per heavy atom. The van der Waals surface area contributed by atoms with Crippen molar-refractivity contribution in [1.29, 1.82) is 0 Å². The topological polar surface area (TPSA) is 70.2 Å². The van der Waals surface area contributed by atoms with Gasteiger partial charge in [-0.15, -0.1) is 10.2 Å². The van der Waals surface area contributed by atoms with E-state index in [0.717, 1.165) is 17.1 Å². The Labute approximate surface area is 162 Å². The fourth-order valence-electron chi connectivity index (χ4n) is 2.61. The molecule has 0 bridgehead atoms. The summed E-state index contributed by atoms with van der Waals surface area (Å²) in [4.78, 5) is 11.5. The number of rotatable bonds is 6. The Kier molecular flexibility index (Phi) is 5.70. The molecule has 6 nitrogen and oxygen atoms in total. The van der Waals surface area contributed by atoms with E-state index in [1.165, 1.54) is 24.4 Å². The van der Waals surface area contributed by atoms with E-state index in [-0.39, 0.29) is 17.1 Å². The Morgan fingerprint density at radius 3 is 2.52 bits per heavy atom. The number of hydrogen-bond donors (Lipinski definition) is 0. The van der Waals surface area contributed by atoms with E-state index in [2.05, 4.69) is 55.2 Å². The highest BCUT2D eigenvalue weighted by Gasteiger charge is 2.18. The number of carbonyl (C=O) groups excluding carboxylic acids is 1. The van der Waals surface area contributed by atoms with Gasteiger partial charge in [-0.3, -0.25) is 9.36 Å². The van der Waals surface area contributed by atoms with Crippen LogP contribution in [0.15, 0.2) is 52.2 Å². The average molecular weight is 385 g/mol. The maximum atomic E-state index is 11.5. The summed E-state index contributed by atoms with van der Waals surface area (Å²) in [5.41, 5.74) is 2.30. The molecule has 7 heteroatoms. The first kappa shape index (κ1) is 19.2. The van der Waals surface area contributed by atoms with Gasteiger partial charge in [0.1, 0.15) is 5.76 Å². The zero-order valence-electron chi connectivity index (χ0n) is 15.9. The van der Waals surface area contributed by atoms with Gasteiger partial charge < -0.3 is 9.15 Å². The molecule has 2 aromatic heterocycles. The number of carbonyl (C=O) groups is 1. The second-order valence-corrected chi connectivity index (χ2v) is 8.11. The zero-order valence-corrected chi connectivity index (χ0v) is 16.7. The summed E-state index contributed by atoms with van der Waals surface area (Å²) in [7, 11) is 1.37. The third-order valence-electron chi connectivity index (χ3n) is 4.17. The maximum Gasteiger partial charge on any atom is 0.316 e. The van der Waals surface area contributed by atoms with Gasteiger partial charge in [0, 0.05) is 5.56 Å². The van der Waals surface area contributed by atoms with Crippen LogP contribution in [0.25, 0.3) is 11.4 Å². The molecule has 1 aromatic carbocycles. The summed E-state index contributed by atoms with van der Waals surface area (Å²) in [6.07, 6.45) is 1.64. The molecule has 3 aromatic rings. The van der Waals surface area contributed by atoms with Crippen LogP contribution in [0, 0.1) is 0 Å². The van der Waals surface area contributed by atoms with Gasteiger partial charge in [-0.2, -0.15) is 0 Å². The molecule has 0 atom stereocenters. The fourth-order valence-corrected chi connectivity index (χ4v) is 3.38. The lowest BCUT2D eigenvalue weighted by Crippen LogP contribution is -2.10. The third-order valence-corrected chi connectivity index (χ3v) is 5.11. The van der Waals surface area contributed by atoms with Crippen LogP contribution in [0.4, 0.5) is 0 Å². The number of nitrogens with zero attached hydrogens (tertiary/aromatic N) is 3. The first-order chi connectivity index (χ1) is 12.9. The quantitative estimate of drug-likeness (QED) is 0.469. The fraction of sp³-hybridized carbons (Fsp3) is 0.350. The minimum absolute atomic E-state index is 0.0852. The van der Waals surface area contributed by atoms with E-state index in [1.54, 1.807) is 6.26 Å². The van der Waals surface area contributed by atoms with Crippen LogP contribution in [0.1, 0.15) is 32.1 Å². The second-order valence-electron chi connectivity index (χ2n) is 7.16. The molecule has 27 heavy (non-hydrogen) atoms. The lowest BCUT2D eigenvalue weighted by Gasteiger charge is -2.19. The molecular formula is C20H23N3O3S. The van der Waals surface area contributed by atoms with Crippen molar-refractivity contribution in [2.24, 2.45) is 0 Å². The Morgan fingerprint density at radius 1 is 1.19 bits per heavy atom. The monoisotopic (exact) mass is 385 g/mol. The molecule has 0 radical (unpaired) electrons. The Bertz CT molecular complexity index is 894. The molecule has 0 aliphatic rings. The van der Waals surface area contributed by atoms with E-state index in [0.29, 0.717) is 11.7 Å². The van der Waals surface area contributed by atoms with E-state index in [1.807, 2.05) is 16.7 Å². The van der Waals surface area contributed by atoms with E-state index >= 15 is 0 Å². The van der Waals surface area contributed by atoms with Crippen molar-refractivity contribution in [2.75, 3.05) is 12.9 Å². The van der Waals surface area contributed by atoms with Crippen molar-refractivity contribution < 1.29 is 13.9 Å². The highest BCUT2D eigenvalue weighted by molar-refractivity contribution is 7.99. The summed E-state index contributed by atoms with van der Waals surface area (Å²) >= 11 is 1.30. The predicted molar refractivity (Wildman–Crippen MR) is 105 cm³/mol. The molecule has 2 heterocycles. The van der Waals surface area contributed by atoms with Gasteiger partial charge in [0.25, 0.3) is 0 Å². The first-order valence-corrected chi connectivity index (χ1v) is 9.63. The molecule has 0 spiro atoms. The van der Waals surface area contributed by atoms with Crippen LogP contribution in [0.2, 0.25) is 0 Å². The molecule has 0 N–H and O–H groups in total. The summed E-state index contributed by atoms with van der Waals surface area (Å²) < 4.78 is 12.2. The summed E-state index contributed by atoms with van der Waals surface area (Å²) in [6.45, 7) is 7.04. The molecule has 3 rings (SSSR count). The van der Waals surface area contributed by atoms with Crippen molar-refractivity contribution in [3.05, 3.63) is 54.0 Å². The largest absolute Gasteiger partial charge is 0.468 e. The van der Waals surface area contributed by atoms with Crippen LogP contribution in [0.5, 0.6) is 0 Å². The molecule has 142 valence electrons. The number of furan rings is 1. The number of ether oxygens (including phenoxy) is 1. The molecule has 0 aliphatic carbocycles. The molecule has 0 fully saturated rings. The minimum atomic E-state index is -0.302. The second kappa shape index (κ2) is 8.00. The molecule has 0 unspecified atom stereocenters. The van der Waals surface area contributed by atoms with Crippen LogP contribution >= 0.6 is 11.8 Å². The highest BCUT2D eigenvalue weighted by atomic mass is 32.2. The SMILES string of the molecule is COC(=O)CSc1nnc(-c2ccc(C(C)(C)C)cc2)n1Cc1ccco1. The smallest absolute Gasteiger partial charge is 0.316 e. The van der Waals surface area contributed by atoms with Gasteiger partial charge in [-0.25, -0.2) is 0 Å². The first-order valence-electron chi connectivity index (χ1n) is 8.64. The Hall–Kier alpha value is -2.54. The van der Waals surface area contributed by atoms with E-state index < -0.39 is 0 Å². The van der Waals surface area contributed by atoms with E-state index in [4.69, 9.17) is 9.15 Å². The summed E-state index contributed by atoms with van der Waals surface area (Å²) in [6, 6.07) is 12.1. The molecule has 0 saturated carbocycles. The number of methoxy groups -OCH3 is 1. The summed E-state index contributed by atoms with van der Waals surface area (Å²) in [5, 5.41) is 9.28. The van der Waals surface area contributed by atoms with Gasteiger partial charge in [-0.05, 0) is 23.1 Å². The van der Waals surface area contributed by atoms with Crippen LogP contribution in [0.3, 0.4) is 0 Å². The molecular weight excluding hydrogens is 362 g/mol. The van der Waals surface area contributed by atoms with Gasteiger partial charge in [-0.1, -0.05) is 56.8 Å². The van der Waals surface area contributed by atoms with Crippen LogP contribution in [-0.2, 0) is 21.5 Å². The van der Waals surface area contributed by atoms with E-state index in [9.17, 15) is 4.79 Å². The minimum Gasteiger partial charge on any atom is -0.468 e. The van der Waals surface area contributed by atoms with Crippen molar-refractivity contribution in [3.8, 4) is 11.4 Å². The number of benzene rings is 1. The van der Waals surface area contributed by atoms with Crippen molar-refractivity contribution in [2.45, 2.75) is 37.9 Å². The normalized spacial score (nSPS) is 11.6. The number of aromatic nitrogens is 3. The average Bonchev–Trinajstić information content (AvgIpc) is 3.29. The van der Waals surface area contributed by atoms with Crippen molar-refractivity contribution >= 4 is 17.7 Å². The van der Waals surface area contributed by atoms with Crippen molar-refractivity contribution in [3.63, 3.8) is 0 Å². The summed E-state index contributed by atoms with van der Waals surface area (Å²) in [5.74, 6) is 1.40.